The van der Waals surface area contributed by atoms with Gasteiger partial charge in [-0.15, -0.1) is 0 Å². The van der Waals surface area contributed by atoms with Crippen LogP contribution in [0, 0.1) is 12.8 Å². The number of H-pyrrole nitrogens is 1. The number of rotatable bonds is 4. The van der Waals surface area contributed by atoms with Gasteiger partial charge >= 0.3 is 0 Å². The van der Waals surface area contributed by atoms with E-state index < -0.39 is 0 Å². The smallest absolute Gasteiger partial charge is 0.274 e. The van der Waals surface area contributed by atoms with E-state index in [4.69, 9.17) is 14.5 Å². The van der Waals surface area contributed by atoms with E-state index in [0.29, 0.717) is 43.9 Å². The highest BCUT2D eigenvalue weighted by atomic mass is 16.5. The minimum absolute atomic E-state index is 0.0460. The lowest BCUT2D eigenvalue weighted by Crippen LogP contribution is -2.42. The first-order valence-corrected chi connectivity index (χ1v) is 10.7. The molecule has 0 aliphatic carbocycles. The van der Waals surface area contributed by atoms with Crippen molar-refractivity contribution < 1.29 is 14.3 Å². The summed E-state index contributed by atoms with van der Waals surface area (Å²) < 4.78 is 11.3. The highest BCUT2D eigenvalue weighted by Gasteiger charge is 2.46. The summed E-state index contributed by atoms with van der Waals surface area (Å²) in [6, 6.07) is 1.79. The molecule has 30 heavy (non-hydrogen) atoms. The number of nitrogens with zero attached hydrogens (tertiary/aromatic N) is 4. The number of hydrogen-bond donors (Lipinski definition) is 2. The van der Waals surface area contributed by atoms with Crippen LogP contribution in [-0.2, 0) is 21.5 Å². The molecule has 0 unspecified atom stereocenters. The van der Waals surface area contributed by atoms with Gasteiger partial charge < -0.3 is 19.7 Å². The van der Waals surface area contributed by atoms with Gasteiger partial charge in [-0.25, -0.2) is 9.97 Å². The molecule has 0 saturated carbocycles. The van der Waals surface area contributed by atoms with E-state index in [1.807, 2.05) is 18.0 Å². The lowest BCUT2D eigenvalue weighted by atomic mass is 9.80. The van der Waals surface area contributed by atoms with Crippen LogP contribution in [0.5, 0.6) is 0 Å². The van der Waals surface area contributed by atoms with E-state index in [-0.39, 0.29) is 11.3 Å². The Hall–Kier alpha value is -2.52. The number of aryl methyl sites for hydroxylation is 1. The number of hydrogen-bond acceptors (Lipinski definition) is 7. The number of carbonyl (C=O) groups is 1. The van der Waals surface area contributed by atoms with Crippen molar-refractivity contribution in [2.45, 2.75) is 38.2 Å². The normalized spacial score (nSPS) is 24.2. The lowest BCUT2D eigenvalue weighted by Gasteiger charge is -2.34. The van der Waals surface area contributed by atoms with Gasteiger partial charge in [0.2, 0.25) is 5.95 Å². The molecule has 2 aromatic rings. The molecule has 0 radical (unpaired) electrons. The van der Waals surface area contributed by atoms with Crippen LogP contribution in [0.1, 0.15) is 46.7 Å². The molecule has 0 aromatic carbocycles. The average molecular weight is 412 g/mol. The minimum Gasteiger partial charge on any atom is -0.381 e. The maximum atomic E-state index is 12.9. The monoisotopic (exact) mass is 412 g/mol. The Balaban J connectivity index is 1.33. The van der Waals surface area contributed by atoms with Crippen molar-refractivity contribution in [2.24, 2.45) is 5.92 Å². The Morgan fingerprint density at radius 1 is 1.37 bits per heavy atom. The van der Waals surface area contributed by atoms with Crippen molar-refractivity contribution in [1.29, 1.82) is 0 Å². The fraction of sp³-hybridized carbons (Fsp3) is 0.619. The van der Waals surface area contributed by atoms with Crippen molar-refractivity contribution in [3.8, 4) is 0 Å². The standard InChI is InChI=1S/C21H28N6O3/c1-14-8-17(26-25-14)19(28)27-5-4-21(12-27)13-30-11-16-10-23-20(24-18(16)21)22-9-15-2-6-29-7-3-15/h8,10,15H,2-7,9,11-13H2,1H3,(H,25,26)(H,22,23,24)/t21-/m0/s1. The predicted octanol–water partition coefficient (Wildman–Crippen LogP) is 1.66. The Kier molecular flexibility index (Phi) is 5.16. The first-order valence-electron chi connectivity index (χ1n) is 10.7. The molecule has 9 nitrogen and oxygen atoms in total. The second-order valence-electron chi connectivity index (χ2n) is 8.69. The van der Waals surface area contributed by atoms with Gasteiger partial charge in [0.25, 0.3) is 5.91 Å². The molecule has 2 aromatic heterocycles. The molecule has 2 saturated heterocycles. The predicted molar refractivity (Wildman–Crippen MR) is 109 cm³/mol. The molecule has 2 fully saturated rings. The first-order chi connectivity index (χ1) is 14.6. The number of nitrogens with one attached hydrogen (secondary N) is 2. The molecule has 2 N–H and O–H groups in total. The summed E-state index contributed by atoms with van der Waals surface area (Å²) in [5.41, 5.74) is 3.09. The van der Waals surface area contributed by atoms with Crippen LogP contribution in [0.3, 0.4) is 0 Å². The number of anilines is 1. The topological polar surface area (TPSA) is 105 Å². The highest BCUT2D eigenvalue weighted by Crippen LogP contribution is 2.39. The number of aromatic amines is 1. The summed E-state index contributed by atoms with van der Waals surface area (Å²) in [6.45, 7) is 6.75. The van der Waals surface area contributed by atoms with Crippen molar-refractivity contribution >= 4 is 11.9 Å². The van der Waals surface area contributed by atoms with Crippen LogP contribution in [0.15, 0.2) is 12.3 Å². The molecule has 3 aliphatic rings. The molecule has 9 heteroatoms. The average Bonchev–Trinajstić information content (AvgIpc) is 3.40. The summed E-state index contributed by atoms with van der Waals surface area (Å²) in [7, 11) is 0. The zero-order chi connectivity index (χ0) is 20.6. The van der Waals surface area contributed by atoms with Gasteiger partial charge in [0, 0.05) is 50.3 Å². The Morgan fingerprint density at radius 3 is 3.03 bits per heavy atom. The summed E-state index contributed by atoms with van der Waals surface area (Å²) >= 11 is 0. The molecular weight excluding hydrogens is 384 g/mol. The number of ether oxygens (including phenoxy) is 2. The second kappa shape index (κ2) is 7.96. The first kappa shape index (κ1) is 19.4. The van der Waals surface area contributed by atoms with Gasteiger partial charge in [-0.3, -0.25) is 9.89 Å². The quantitative estimate of drug-likeness (QED) is 0.787. The number of likely N-dealkylation sites (tertiary alicyclic amines) is 1. The van der Waals surface area contributed by atoms with E-state index in [1.165, 1.54) is 0 Å². The summed E-state index contributed by atoms with van der Waals surface area (Å²) in [5, 5.41) is 10.4. The second-order valence-corrected chi connectivity index (χ2v) is 8.69. The number of carbonyl (C=O) groups excluding carboxylic acids is 1. The summed E-state index contributed by atoms with van der Waals surface area (Å²) in [5.74, 6) is 1.21. The third kappa shape index (κ3) is 3.67. The molecular formula is C21H28N6O3. The number of amides is 1. The van der Waals surface area contributed by atoms with Crippen LogP contribution < -0.4 is 5.32 Å². The zero-order valence-electron chi connectivity index (χ0n) is 17.3. The van der Waals surface area contributed by atoms with Crippen LogP contribution in [0.4, 0.5) is 5.95 Å². The van der Waals surface area contributed by atoms with Gasteiger partial charge in [0.1, 0.15) is 5.69 Å². The van der Waals surface area contributed by atoms with Crippen LogP contribution in [-0.4, -0.2) is 70.4 Å². The maximum absolute atomic E-state index is 12.9. The van der Waals surface area contributed by atoms with Crippen molar-refractivity contribution in [1.82, 2.24) is 25.1 Å². The summed E-state index contributed by atoms with van der Waals surface area (Å²) in [4.78, 5) is 24.2. The number of aromatic nitrogens is 4. The van der Waals surface area contributed by atoms with E-state index in [0.717, 1.165) is 56.0 Å². The molecule has 3 aliphatic heterocycles. The summed E-state index contributed by atoms with van der Waals surface area (Å²) in [6.07, 6.45) is 4.83. The molecule has 160 valence electrons. The van der Waals surface area contributed by atoms with Gasteiger partial charge in [0.05, 0.1) is 24.3 Å². The van der Waals surface area contributed by atoms with Gasteiger partial charge in [0.15, 0.2) is 0 Å². The Labute approximate surface area is 175 Å². The van der Waals surface area contributed by atoms with E-state index in [1.54, 1.807) is 6.07 Å². The molecule has 1 amide bonds. The molecule has 5 heterocycles. The number of fused-ring (bicyclic) bond motifs is 2. The van der Waals surface area contributed by atoms with Gasteiger partial charge in [-0.2, -0.15) is 5.10 Å². The van der Waals surface area contributed by atoms with Crippen LogP contribution in [0.2, 0.25) is 0 Å². The zero-order valence-corrected chi connectivity index (χ0v) is 17.3. The molecule has 1 spiro atoms. The minimum atomic E-state index is -0.285. The van der Waals surface area contributed by atoms with E-state index >= 15 is 0 Å². The van der Waals surface area contributed by atoms with Crippen molar-refractivity contribution in [2.75, 3.05) is 44.8 Å². The van der Waals surface area contributed by atoms with Gasteiger partial charge in [-0.1, -0.05) is 0 Å². The van der Waals surface area contributed by atoms with Crippen LogP contribution in [0.25, 0.3) is 0 Å². The third-order valence-corrected chi connectivity index (χ3v) is 6.46. The third-order valence-electron chi connectivity index (χ3n) is 6.46. The molecule has 1 atom stereocenters. The SMILES string of the molecule is Cc1cc(C(=O)N2CC[C@@]3(COCc4cnc(NCC5CCOCC5)nc43)C2)n[nH]1. The molecule has 0 bridgehead atoms. The molecule has 5 rings (SSSR count). The Bertz CT molecular complexity index is 925. The largest absolute Gasteiger partial charge is 0.381 e. The fourth-order valence-corrected chi connectivity index (χ4v) is 4.71. The maximum Gasteiger partial charge on any atom is 0.274 e. The van der Waals surface area contributed by atoms with E-state index in [9.17, 15) is 4.79 Å². The highest BCUT2D eigenvalue weighted by molar-refractivity contribution is 5.92. The Morgan fingerprint density at radius 2 is 2.23 bits per heavy atom. The van der Waals surface area contributed by atoms with E-state index in [2.05, 4.69) is 20.5 Å². The van der Waals surface area contributed by atoms with Gasteiger partial charge in [-0.05, 0) is 38.2 Å². The van der Waals surface area contributed by atoms with Crippen molar-refractivity contribution in [3.63, 3.8) is 0 Å². The lowest BCUT2D eigenvalue weighted by molar-refractivity contribution is 0.0484. The van der Waals surface area contributed by atoms with Crippen molar-refractivity contribution in [3.05, 3.63) is 34.9 Å². The van der Waals surface area contributed by atoms with Crippen LogP contribution >= 0.6 is 0 Å². The fourth-order valence-electron chi connectivity index (χ4n) is 4.71.